The first-order valence-electron chi connectivity index (χ1n) is 5.73. The van der Waals surface area contributed by atoms with Crippen molar-refractivity contribution in [1.29, 1.82) is 0 Å². The van der Waals surface area contributed by atoms with Crippen molar-refractivity contribution >= 4 is 6.09 Å². The molecule has 1 aliphatic rings. The number of rotatable bonds is 4. The topological polar surface area (TPSA) is 29.5 Å². The highest BCUT2D eigenvalue weighted by Crippen LogP contribution is 2.08. The highest BCUT2D eigenvalue weighted by molar-refractivity contribution is 5.69. The molecule has 0 atom stereocenters. The maximum Gasteiger partial charge on any atom is 0.409 e. The molecule has 3 nitrogen and oxygen atoms in total. The number of amides is 1. The monoisotopic (exact) mass is 219 g/mol. The summed E-state index contributed by atoms with van der Waals surface area (Å²) in [5, 5.41) is 0. The van der Waals surface area contributed by atoms with Crippen LogP contribution in [0.15, 0.2) is 24.3 Å². The van der Waals surface area contributed by atoms with E-state index < -0.39 is 0 Å². The van der Waals surface area contributed by atoms with Crippen molar-refractivity contribution in [2.75, 3.05) is 19.7 Å². The van der Waals surface area contributed by atoms with E-state index in [0.29, 0.717) is 6.61 Å². The zero-order valence-electron chi connectivity index (χ0n) is 9.61. The van der Waals surface area contributed by atoms with Crippen LogP contribution in [-0.2, 0) is 11.2 Å². The molecule has 0 spiro atoms. The number of carbonyl (C=O) groups excluding carboxylic acids is 1. The Kier molecular flexibility index (Phi) is 3.44. The van der Waals surface area contributed by atoms with E-state index in [1.165, 1.54) is 11.1 Å². The summed E-state index contributed by atoms with van der Waals surface area (Å²) in [5.41, 5.74) is 2.62. The summed E-state index contributed by atoms with van der Waals surface area (Å²) < 4.78 is 4.87. The van der Waals surface area contributed by atoms with Crippen LogP contribution >= 0.6 is 0 Å². The number of hydrogen-bond acceptors (Lipinski definition) is 2. The van der Waals surface area contributed by atoms with Crippen LogP contribution in [-0.4, -0.2) is 30.7 Å². The average molecular weight is 219 g/mol. The second kappa shape index (κ2) is 5.01. The number of aryl methyl sites for hydroxylation is 2. The van der Waals surface area contributed by atoms with Crippen molar-refractivity contribution in [3.63, 3.8) is 0 Å². The number of ether oxygens (including phenoxy) is 1. The van der Waals surface area contributed by atoms with E-state index in [0.717, 1.165) is 25.9 Å². The van der Waals surface area contributed by atoms with Gasteiger partial charge in [0.05, 0.1) is 6.54 Å². The lowest BCUT2D eigenvalue weighted by Gasteiger charge is -2.11. The summed E-state index contributed by atoms with van der Waals surface area (Å²) in [5.74, 6) is 0. The van der Waals surface area contributed by atoms with Crippen LogP contribution in [0.25, 0.3) is 0 Å². The zero-order valence-corrected chi connectivity index (χ0v) is 9.61. The summed E-state index contributed by atoms with van der Waals surface area (Å²) in [6, 6.07) is 8.55. The first kappa shape index (κ1) is 11.0. The quantitative estimate of drug-likeness (QED) is 0.778. The van der Waals surface area contributed by atoms with Gasteiger partial charge in [-0.3, -0.25) is 0 Å². The van der Waals surface area contributed by atoms with Crippen LogP contribution in [0.4, 0.5) is 4.79 Å². The molecule has 16 heavy (non-hydrogen) atoms. The van der Waals surface area contributed by atoms with Gasteiger partial charge in [-0.15, -0.1) is 0 Å². The summed E-state index contributed by atoms with van der Waals surface area (Å²) in [6.45, 7) is 4.17. The molecular weight excluding hydrogens is 202 g/mol. The van der Waals surface area contributed by atoms with Gasteiger partial charge in [-0.2, -0.15) is 0 Å². The zero-order chi connectivity index (χ0) is 11.4. The number of benzene rings is 1. The molecule has 1 heterocycles. The van der Waals surface area contributed by atoms with Crippen molar-refractivity contribution in [3.8, 4) is 0 Å². The third-order valence-corrected chi connectivity index (χ3v) is 2.86. The van der Waals surface area contributed by atoms with Crippen LogP contribution in [0.1, 0.15) is 17.5 Å². The minimum Gasteiger partial charge on any atom is -0.448 e. The SMILES string of the molecule is Cc1ccc(CCCN2CCOC2=O)cc1. The Morgan fingerprint density at radius 3 is 2.69 bits per heavy atom. The van der Waals surface area contributed by atoms with Gasteiger partial charge in [-0.25, -0.2) is 4.79 Å². The molecule has 1 aliphatic heterocycles. The second-order valence-corrected chi connectivity index (χ2v) is 4.19. The first-order valence-corrected chi connectivity index (χ1v) is 5.73. The van der Waals surface area contributed by atoms with Gasteiger partial charge < -0.3 is 9.64 Å². The largest absolute Gasteiger partial charge is 0.448 e. The number of nitrogens with zero attached hydrogens (tertiary/aromatic N) is 1. The van der Waals surface area contributed by atoms with Crippen LogP contribution in [0.5, 0.6) is 0 Å². The van der Waals surface area contributed by atoms with Crippen molar-refractivity contribution in [2.45, 2.75) is 19.8 Å². The van der Waals surface area contributed by atoms with Crippen molar-refractivity contribution < 1.29 is 9.53 Å². The van der Waals surface area contributed by atoms with Gasteiger partial charge in [-0.1, -0.05) is 29.8 Å². The van der Waals surface area contributed by atoms with Gasteiger partial charge in [0, 0.05) is 6.54 Å². The molecule has 3 heteroatoms. The molecule has 86 valence electrons. The van der Waals surface area contributed by atoms with E-state index in [9.17, 15) is 4.79 Å². The maximum absolute atomic E-state index is 11.2. The molecule has 0 saturated carbocycles. The van der Waals surface area contributed by atoms with E-state index in [4.69, 9.17) is 4.74 Å². The number of hydrogen-bond donors (Lipinski definition) is 0. The standard InChI is InChI=1S/C13H17NO2/c1-11-4-6-12(7-5-11)3-2-8-14-9-10-16-13(14)15/h4-7H,2-3,8-10H2,1H3. The lowest BCUT2D eigenvalue weighted by molar-refractivity contribution is 0.158. The van der Waals surface area contributed by atoms with Crippen LogP contribution < -0.4 is 0 Å². The smallest absolute Gasteiger partial charge is 0.409 e. The van der Waals surface area contributed by atoms with Gasteiger partial charge >= 0.3 is 6.09 Å². The van der Waals surface area contributed by atoms with E-state index in [-0.39, 0.29) is 6.09 Å². The van der Waals surface area contributed by atoms with Crippen LogP contribution in [0.2, 0.25) is 0 Å². The van der Waals surface area contributed by atoms with Gasteiger partial charge in [0.15, 0.2) is 0 Å². The third kappa shape index (κ3) is 2.75. The van der Waals surface area contributed by atoms with Gasteiger partial charge in [0.2, 0.25) is 0 Å². The van der Waals surface area contributed by atoms with E-state index in [1.807, 2.05) is 0 Å². The Bertz CT molecular complexity index is 359. The van der Waals surface area contributed by atoms with Crippen LogP contribution in [0.3, 0.4) is 0 Å². The van der Waals surface area contributed by atoms with E-state index in [2.05, 4.69) is 31.2 Å². The maximum atomic E-state index is 11.2. The van der Waals surface area contributed by atoms with Crippen molar-refractivity contribution in [3.05, 3.63) is 35.4 Å². The lowest BCUT2D eigenvalue weighted by atomic mass is 10.1. The highest BCUT2D eigenvalue weighted by Gasteiger charge is 2.20. The Balaban J connectivity index is 1.75. The molecule has 0 N–H and O–H groups in total. The van der Waals surface area contributed by atoms with Crippen LogP contribution in [0, 0.1) is 6.92 Å². The fourth-order valence-electron chi connectivity index (χ4n) is 1.86. The first-order chi connectivity index (χ1) is 7.75. The predicted octanol–water partition coefficient (Wildman–Crippen LogP) is 2.38. The summed E-state index contributed by atoms with van der Waals surface area (Å²) in [6.07, 6.45) is 1.85. The molecule has 1 aromatic carbocycles. The summed E-state index contributed by atoms with van der Waals surface area (Å²) >= 11 is 0. The molecule has 0 unspecified atom stereocenters. The Morgan fingerprint density at radius 2 is 2.06 bits per heavy atom. The molecule has 1 aromatic rings. The highest BCUT2D eigenvalue weighted by atomic mass is 16.6. The molecule has 0 bridgehead atoms. The summed E-state index contributed by atoms with van der Waals surface area (Å²) in [4.78, 5) is 12.9. The molecule has 0 radical (unpaired) electrons. The van der Waals surface area contributed by atoms with E-state index in [1.54, 1.807) is 4.90 Å². The minimum absolute atomic E-state index is 0.163. The Hall–Kier alpha value is -1.51. The number of cyclic esters (lactones) is 1. The summed E-state index contributed by atoms with van der Waals surface area (Å²) in [7, 11) is 0. The van der Waals surface area contributed by atoms with Crippen molar-refractivity contribution in [2.24, 2.45) is 0 Å². The number of carbonyl (C=O) groups is 1. The molecular formula is C13H17NO2. The second-order valence-electron chi connectivity index (χ2n) is 4.19. The fraction of sp³-hybridized carbons (Fsp3) is 0.462. The third-order valence-electron chi connectivity index (χ3n) is 2.86. The molecule has 1 saturated heterocycles. The molecule has 2 rings (SSSR count). The fourth-order valence-corrected chi connectivity index (χ4v) is 1.86. The Labute approximate surface area is 96.0 Å². The lowest BCUT2D eigenvalue weighted by Crippen LogP contribution is -2.25. The molecule has 0 aliphatic carbocycles. The molecule has 1 amide bonds. The van der Waals surface area contributed by atoms with E-state index >= 15 is 0 Å². The minimum atomic E-state index is -0.163. The predicted molar refractivity (Wildman–Crippen MR) is 62.4 cm³/mol. The molecule has 0 aromatic heterocycles. The van der Waals surface area contributed by atoms with Gasteiger partial charge in [0.25, 0.3) is 0 Å². The Morgan fingerprint density at radius 1 is 1.31 bits per heavy atom. The van der Waals surface area contributed by atoms with Crippen molar-refractivity contribution in [1.82, 2.24) is 4.90 Å². The van der Waals surface area contributed by atoms with Gasteiger partial charge in [-0.05, 0) is 25.3 Å². The molecule has 1 fully saturated rings. The normalized spacial score (nSPS) is 15.3. The average Bonchev–Trinajstić information content (AvgIpc) is 2.68. The van der Waals surface area contributed by atoms with Gasteiger partial charge in [0.1, 0.15) is 6.61 Å².